The molecular weight excluding hydrogens is 906 g/mol. The van der Waals surface area contributed by atoms with Gasteiger partial charge in [-0.25, -0.2) is 9.13 Å². The van der Waals surface area contributed by atoms with E-state index in [1.165, 1.54) is 31.8 Å². The van der Waals surface area contributed by atoms with E-state index in [4.69, 9.17) is 23.0 Å². The van der Waals surface area contributed by atoms with Crippen LogP contribution in [0.5, 0.6) is 0 Å². The van der Waals surface area contributed by atoms with E-state index in [1.807, 2.05) is 6.92 Å². The Labute approximate surface area is 389 Å². The highest BCUT2D eigenvalue weighted by atomic mass is 31.2. The highest BCUT2D eigenvalue weighted by Gasteiger charge is 2.51. The number of hydrogen-bond acceptors (Lipinski definition) is 16. The average Bonchev–Trinajstić information content (AvgIpc) is 3.25. The lowest BCUT2D eigenvalue weighted by Crippen LogP contribution is -2.56. The first kappa shape index (κ1) is 59.9. The fourth-order valence-corrected chi connectivity index (χ4v) is 9.26. The van der Waals surface area contributed by atoms with Gasteiger partial charge in [0.2, 0.25) is 0 Å². The first-order valence-corrected chi connectivity index (χ1v) is 26.7. The lowest BCUT2D eigenvalue weighted by Gasteiger charge is -2.38. The number of rotatable bonds is 23. The molecule has 21 heteroatoms. The molecule has 0 aromatic heterocycles. The van der Waals surface area contributed by atoms with Gasteiger partial charge in [0.05, 0.1) is 36.9 Å². The number of aliphatic hydroxyl groups is 6. The van der Waals surface area contributed by atoms with Gasteiger partial charge in [0.15, 0.2) is 6.10 Å². The Hall–Kier alpha value is -2.19. The number of carbonyl (C=O) groups is 3. The highest BCUT2D eigenvalue weighted by Crippen LogP contribution is 2.49. The Morgan fingerprint density at radius 2 is 1.52 bits per heavy atom. The Morgan fingerprint density at radius 3 is 2.18 bits per heavy atom. The molecule has 1 aliphatic carbocycles. The number of unbranched alkanes of at least 4 members (excludes halogenated alkanes) is 11. The molecule has 1 saturated carbocycles. The number of carbonyl (C=O) groups excluding carboxylic acids is 3. The third kappa shape index (κ3) is 24.4. The van der Waals surface area contributed by atoms with Gasteiger partial charge in [0, 0.05) is 25.2 Å². The lowest BCUT2D eigenvalue weighted by atomic mass is 9.83. The number of Topliss-reactive ketones (excluding diaryl/α,β-unsaturated/α-hetero) is 1. The molecule has 0 aromatic carbocycles. The van der Waals surface area contributed by atoms with Crippen molar-refractivity contribution in [2.24, 2.45) is 11.8 Å². The van der Waals surface area contributed by atoms with E-state index in [0.717, 1.165) is 63.5 Å². The predicted molar refractivity (Wildman–Crippen MR) is 242 cm³/mol. The van der Waals surface area contributed by atoms with Gasteiger partial charge < -0.3 is 54.8 Å². The van der Waals surface area contributed by atoms with E-state index < -0.39 is 120 Å². The van der Waals surface area contributed by atoms with Crippen LogP contribution in [0.3, 0.4) is 0 Å². The second-order valence-electron chi connectivity index (χ2n) is 17.3. The van der Waals surface area contributed by atoms with Crippen molar-refractivity contribution in [1.29, 1.82) is 0 Å². The fourth-order valence-electron chi connectivity index (χ4n) is 7.73. The number of phosphoric acid groups is 2. The van der Waals surface area contributed by atoms with Gasteiger partial charge in [-0.3, -0.25) is 28.0 Å². The Kier molecular flexibility index (Phi) is 29.6. The summed E-state index contributed by atoms with van der Waals surface area (Å²) in [5.74, 6) is -5.79. The molecule has 382 valence electrons. The summed E-state index contributed by atoms with van der Waals surface area (Å²) in [6.07, 6.45) is 2.89. The normalized spacial score (nSPS) is 31.3. The van der Waals surface area contributed by atoms with E-state index in [-0.39, 0.29) is 38.5 Å². The molecule has 2 bridgehead atoms. The van der Waals surface area contributed by atoms with Gasteiger partial charge in [-0.1, -0.05) is 108 Å². The van der Waals surface area contributed by atoms with Crippen molar-refractivity contribution >= 4 is 33.4 Å². The molecule has 1 heterocycles. The zero-order chi connectivity index (χ0) is 49.1. The second kappa shape index (κ2) is 32.6. The summed E-state index contributed by atoms with van der Waals surface area (Å²) in [4.78, 5) is 70.4. The summed E-state index contributed by atoms with van der Waals surface area (Å²) in [5.41, 5.74) is 0. The van der Waals surface area contributed by atoms with Gasteiger partial charge in [-0.2, -0.15) is 0 Å². The first-order chi connectivity index (χ1) is 31.3. The summed E-state index contributed by atoms with van der Waals surface area (Å²) in [6.45, 7) is 2.50. The molecule has 66 heavy (non-hydrogen) atoms. The van der Waals surface area contributed by atoms with Crippen LogP contribution < -0.4 is 0 Å². The van der Waals surface area contributed by atoms with Crippen LogP contribution in [0, 0.1) is 11.8 Å². The average molecular weight is 985 g/mol. The Balaban J connectivity index is 2.37. The molecule has 0 saturated heterocycles. The molecule has 1 aliphatic heterocycles. The highest BCUT2D eigenvalue weighted by molar-refractivity contribution is 7.47. The number of ether oxygens (including phenoxy) is 2. The van der Waals surface area contributed by atoms with Crippen molar-refractivity contribution < 1.29 is 91.9 Å². The monoisotopic (exact) mass is 984 g/mol. The van der Waals surface area contributed by atoms with Gasteiger partial charge >= 0.3 is 27.6 Å². The minimum atomic E-state index is -5.79. The predicted octanol–water partition coefficient (Wildman–Crippen LogP) is 5.32. The standard InChI is InChI=1S/C45H78O19P2/c1-3-5-7-8-9-10-11-12-13-14-15-16-21-25-38(49)60-30-33-31-61-66(58,59)64-45-43(54)42(53)40(51)34(24-20-17-18-22-26-39(50)62-33)36(47)29-37(48)35(28-27-32(46)23-19-6-4-2)41(52)44(45)63-65(55,56)57/h10-11,17,20,27-28,32-36,40-47,51-54H,3-9,12-16,18-19,21-26,29-31H2,1-2H3,(H,58,59)(H2,55,56,57)/b11-10-,20-17-,28-27+/t32-,33+,34-,35-,36-,40+,41+,42-,43+,44+,45-/m0/s1. The molecule has 1 unspecified atom stereocenters. The van der Waals surface area contributed by atoms with Crippen molar-refractivity contribution in [1.82, 2.24) is 0 Å². The molecule has 0 amide bonds. The van der Waals surface area contributed by atoms with Crippen molar-refractivity contribution in [3.63, 3.8) is 0 Å². The van der Waals surface area contributed by atoms with Crippen LogP contribution in [0.4, 0.5) is 0 Å². The van der Waals surface area contributed by atoms with Crippen LogP contribution in [0.1, 0.15) is 149 Å². The molecular formula is C45H78O19P2. The van der Waals surface area contributed by atoms with Crippen molar-refractivity contribution in [3.8, 4) is 0 Å². The first-order valence-electron chi connectivity index (χ1n) is 23.6. The number of allylic oxidation sites excluding steroid dienone is 4. The number of fused-ring (bicyclic) bond motifs is 4. The van der Waals surface area contributed by atoms with E-state index in [2.05, 4.69) is 19.1 Å². The van der Waals surface area contributed by atoms with Crippen molar-refractivity contribution in [2.75, 3.05) is 13.2 Å². The fraction of sp³-hybridized carbons (Fsp3) is 0.800. The number of hydrogen-bond donors (Lipinski definition) is 9. The van der Waals surface area contributed by atoms with Gasteiger partial charge in [-0.15, -0.1) is 0 Å². The van der Waals surface area contributed by atoms with Crippen LogP contribution in [0.15, 0.2) is 36.5 Å². The molecule has 0 spiro atoms. The second-order valence-corrected chi connectivity index (χ2v) is 19.9. The maximum Gasteiger partial charge on any atom is 0.472 e. The summed E-state index contributed by atoms with van der Waals surface area (Å²) in [7, 11) is -11.5. The minimum absolute atomic E-state index is 0.0402. The summed E-state index contributed by atoms with van der Waals surface area (Å²) in [5, 5.41) is 67.8. The van der Waals surface area contributed by atoms with Crippen molar-refractivity contribution in [2.45, 2.75) is 204 Å². The number of aliphatic hydroxyl groups excluding tert-OH is 6. The van der Waals surface area contributed by atoms with Gasteiger partial charge in [-0.05, 0) is 57.8 Å². The maximum absolute atomic E-state index is 13.9. The SMILES string of the molecule is CCCCCC/C=C\CCCCCCCC(=O)OC[C@@H]1COP(=O)(O)O[C@H]2[C@H](O)[C@@H](O)[C@H](O)[C@@H](C/C=C\CCCC(=O)O1)[C@@H](O)CC(=O)[C@H](/C=C/[C@@H](O)CCCCC)[C@@H](O)[C@H]2OP(=O)(O)O. The maximum atomic E-state index is 13.9. The molecule has 0 radical (unpaired) electrons. The summed E-state index contributed by atoms with van der Waals surface area (Å²) < 4.78 is 51.9. The zero-order valence-electron chi connectivity index (χ0n) is 38.6. The molecule has 0 aromatic rings. The third-order valence-corrected chi connectivity index (χ3v) is 13.1. The largest absolute Gasteiger partial charge is 0.472 e. The molecule has 12 atom stereocenters. The van der Waals surface area contributed by atoms with Crippen LogP contribution in [-0.2, 0) is 46.6 Å². The smallest absolute Gasteiger partial charge is 0.462 e. The van der Waals surface area contributed by atoms with E-state index in [9.17, 15) is 68.8 Å². The zero-order valence-corrected chi connectivity index (χ0v) is 40.4. The lowest BCUT2D eigenvalue weighted by molar-refractivity contribution is -0.165. The van der Waals surface area contributed by atoms with E-state index >= 15 is 0 Å². The Bertz CT molecular complexity index is 1580. The molecule has 1 fully saturated rings. The molecule has 2 aliphatic rings. The van der Waals surface area contributed by atoms with Gasteiger partial charge in [0.25, 0.3) is 0 Å². The quantitative estimate of drug-likeness (QED) is 0.0271. The minimum Gasteiger partial charge on any atom is -0.462 e. The third-order valence-electron chi connectivity index (χ3n) is 11.6. The topological polar surface area (TPSA) is 314 Å². The summed E-state index contributed by atoms with van der Waals surface area (Å²) >= 11 is 0. The molecule has 2 rings (SSSR count). The summed E-state index contributed by atoms with van der Waals surface area (Å²) in [6, 6.07) is 0. The molecule has 19 nitrogen and oxygen atoms in total. The van der Waals surface area contributed by atoms with E-state index in [1.54, 1.807) is 6.08 Å². The number of esters is 2. The number of ketones is 1. The van der Waals surface area contributed by atoms with E-state index in [0.29, 0.717) is 12.8 Å². The van der Waals surface area contributed by atoms with Gasteiger partial charge in [0.1, 0.15) is 36.8 Å². The van der Waals surface area contributed by atoms with Crippen LogP contribution >= 0.6 is 15.6 Å². The van der Waals surface area contributed by atoms with Crippen molar-refractivity contribution in [3.05, 3.63) is 36.5 Å². The number of cyclic esters (lactones) is 1. The number of phosphoric ester groups is 2. The molecule has 9 N–H and O–H groups in total. The Morgan fingerprint density at radius 1 is 0.879 bits per heavy atom. The van der Waals surface area contributed by atoms with Crippen LogP contribution in [0.25, 0.3) is 0 Å². The van der Waals surface area contributed by atoms with Crippen LogP contribution in [-0.4, -0.2) is 131 Å². The van der Waals surface area contributed by atoms with Crippen LogP contribution in [0.2, 0.25) is 0 Å².